The maximum absolute atomic E-state index is 13.4. The number of hydrogen-bond acceptors (Lipinski definition) is 4. The van der Waals surface area contributed by atoms with Crippen LogP contribution in [0.15, 0.2) is 60.7 Å². The van der Waals surface area contributed by atoms with Gasteiger partial charge in [-0.2, -0.15) is 0 Å². The number of carbonyl (C=O) groups excluding carboxylic acids is 1. The molecule has 1 N–H and O–H groups in total. The number of morpholine rings is 1. The Balaban J connectivity index is 0.000000687. The Morgan fingerprint density at radius 1 is 0.933 bits per heavy atom. The molecule has 0 amide bonds. The number of rotatable bonds is 3. The smallest absolute Gasteiger partial charge is 0.143 e. The molecule has 3 aliphatic carbocycles. The zero-order chi connectivity index (χ0) is 21.0. The summed E-state index contributed by atoms with van der Waals surface area (Å²) in [5.41, 5.74) is 2.75. The Bertz CT molecular complexity index is 841. The molecule has 1 aliphatic heterocycles. The van der Waals surface area contributed by atoms with Crippen LogP contribution in [0.25, 0.3) is 0 Å². The van der Waals surface area contributed by atoms with Crippen LogP contribution < -0.4 is 4.90 Å². The van der Waals surface area contributed by atoms with E-state index in [1.165, 1.54) is 16.5 Å². The SMILES string of the molecule is N#C[S-].O=C1CC2([NH+]3CCOCC3)C[C@@H](c3ccccc3)C1[C@H](c1ccccc1)C2. The predicted molar refractivity (Wildman–Crippen MR) is 118 cm³/mol. The highest BCUT2D eigenvalue weighted by molar-refractivity contribution is 7.64. The summed E-state index contributed by atoms with van der Waals surface area (Å²) in [5.74, 6) is 1.27. The molecular weight excluding hydrogens is 392 g/mol. The topological polar surface area (TPSA) is 54.5 Å². The van der Waals surface area contributed by atoms with Gasteiger partial charge in [0.1, 0.15) is 24.4 Å². The fourth-order valence-corrected chi connectivity index (χ4v) is 6.12. The van der Waals surface area contributed by atoms with Crippen LogP contribution in [0, 0.1) is 16.6 Å². The third-order valence-electron chi connectivity index (χ3n) is 7.27. The highest BCUT2D eigenvalue weighted by atomic mass is 32.1. The monoisotopic (exact) mass is 420 g/mol. The molecule has 2 aromatic carbocycles. The number of ether oxygens (including phenoxy) is 1. The first-order chi connectivity index (χ1) is 14.7. The van der Waals surface area contributed by atoms with Gasteiger partial charge in [0, 0.05) is 30.6 Å². The van der Waals surface area contributed by atoms with Gasteiger partial charge in [0.2, 0.25) is 0 Å². The molecule has 156 valence electrons. The summed E-state index contributed by atoms with van der Waals surface area (Å²) in [6.45, 7) is 3.70. The third-order valence-corrected chi connectivity index (χ3v) is 7.27. The summed E-state index contributed by atoms with van der Waals surface area (Å²) >= 11 is 3.70. The van der Waals surface area contributed by atoms with E-state index in [0.29, 0.717) is 17.6 Å². The minimum absolute atomic E-state index is 0.0661. The van der Waals surface area contributed by atoms with Crippen LogP contribution in [-0.4, -0.2) is 37.6 Å². The molecule has 2 bridgehead atoms. The minimum Gasteiger partial charge on any atom is -0.696 e. The van der Waals surface area contributed by atoms with E-state index in [9.17, 15) is 4.79 Å². The average Bonchev–Trinajstić information content (AvgIpc) is 2.81. The number of hydrogen-bond donors (Lipinski definition) is 1. The molecule has 4 fully saturated rings. The van der Waals surface area contributed by atoms with E-state index in [2.05, 4.69) is 73.3 Å². The molecule has 0 aromatic heterocycles. The summed E-state index contributed by atoms with van der Waals surface area (Å²) in [7, 11) is 0. The van der Waals surface area contributed by atoms with Crippen molar-refractivity contribution in [2.75, 3.05) is 26.3 Å². The number of quaternary nitrogens is 1. The predicted octanol–water partition coefficient (Wildman–Crippen LogP) is 2.61. The van der Waals surface area contributed by atoms with E-state index < -0.39 is 0 Å². The Labute approximate surface area is 184 Å². The Morgan fingerprint density at radius 3 is 1.87 bits per heavy atom. The molecule has 0 radical (unpaired) electrons. The zero-order valence-corrected chi connectivity index (χ0v) is 17.9. The van der Waals surface area contributed by atoms with Crippen LogP contribution in [0.2, 0.25) is 0 Å². The van der Waals surface area contributed by atoms with Crippen molar-refractivity contribution in [2.45, 2.75) is 36.6 Å². The van der Waals surface area contributed by atoms with E-state index in [4.69, 9.17) is 10.00 Å². The molecule has 30 heavy (non-hydrogen) atoms. The van der Waals surface area contributed by atoms with Gasteiger partial charge in [-0.1, -0.05) is 66.1 Å². The number of thiocyanates is 1. The van der Waals surface area contributed by atoms with Crippen LogP contribution in [-0.2, 0) is 22.2 Å². The lowest BCUT2D eigenvalue weighted by atomic mass is 9.52. The Morgan fingerprint density at radius 2 is 1.40 bits per heavy atom. The quantitative estimate of drug-likeness (QED) is 0.613. The molecule has 2 atom stereocenters. The largest absolute Gasteiger partial charge is 0.696 e. The van der Waals surface area contributed by atoms with Gasteiger partial charge < -0.3 is 22.3 Å². The lowest BCUT2D eigenvalue weighted by Crippen LogP contribution is -3.22. The first kappa shape index (κ1) is 21.0. The number of nitriles is 1. The van der Waals surface area contributed by atoms with Gasteiger partial charge in [0.25, 0.3) is 0 Å². The lowest BCUT2D eigenvalue weighted by molar-refractivity contribution is -0.962. The van der Waals surface area contributed by atoms with E-state index >= 15 is 0 Å². The Kier molecular flexibility index (Phi) is 6.48. The molecule has 2 aromatic rings. The van der Waals surface area contributed by atoms with Crippen molar-refractivity contribution in [3.05, 3.63) is 71.8 Å². The number of ketones is 1. The summed E-state index contributed by atoms with van der Waals surface area (Å²) in [6, 6.07) is 21.5. The van der Waals surface area contributed by atoms with Gasteiger partial charge in [0.05, 0.1) is 19.6 Å². The van der Waals surface area contributed by atoms with Crippen LogP contribution in [0.3, 0.4) is 0 Å². The van der Waals surface area contributed by atoms with Gasteiger partial charge in [-0.3, -0.25) is 4.79 Å². The molecular formula is C25H28N2O2S. The van der Waals surface area contributed by atoms with Gasteiger partial charge in [0.15, 0.2) is 0 Å². The van der Waals surface area contributed by atoms with Crippen molar-refractivity contribution in [3.8, 4) is 5.40 Å². The number of nitrogens with zero attached hydrogens (tertiary/aromatic N) is 1. The average molecular weight is 421 g/mol. The van der Waals surface area contributed by atoms with Crippen LogP contribution >= 0.6 is 0 Å². The number of nitrogens with one attached hydrogen (secondary N) is 1. The van der Waals surface area contributed by atoms with Gasteiger partial charge >= 0.3 is 0 Å². The van der Waals surface area contributed by atoms with Crippen LogP contribution in [0.1, 0.15) is 42.2 Å². The third kappa shape index (κ3) is 4.00. The molecule has 3 saturated carbocycles. The molecule has 6 rings (SSSR count). The van der Waals surface area contributed by atoms with Crippen molar-refractivity contribution >= 4 is 18.4 Å². The van der Waals surface area contributed by atoms with Crippen molar-refractivity contribution in [1.29, 1.82) is 5.26 Å². The molecule has 5 heteroatoms. The van der Waals surface area contributed by atoms with Gasteiger partial charge in [-0.05, 0) is 11.1 Å². The fourth-order valence-electron chi connectivity index (χ4n) is 6.12. The maximum Gasteiger partial charge on any atom is 0.143 e. The van der Waals surface area contributed by atoms with E-state index in [0.717, 1.165) is 45.6 Å². The lowest BCUT2D eigenvalue weighted by Gasteiger charge is -2.56. The number of benzene rings is 2. The summed E-state index contributed by atoms with van der Waals surface area (Å²) in [4.78, 5) is 15.0. The van der Waals surface area contributed by atoms with Crippen molar-refractivity contribution in [2.24, 2.45) is 5.92 Å². The van der Waals surface area contributed by atoms with Crippen LogP contribution in [0.4, 0.5) is 0 Å². The second kappa shape index (κ2) is 9.26. The van der Waals surface area contributed by atoms with E-state index in [1.54, 1.807) is 4.90 Å². The van der Waals surface area contributed by atoms with Crippen LogP contribution in [0.5, 0.6) is 0 Å². The highest BCUT2D eigenvalue weighted by Gasteiger charge is 2.60. The highest BCUT2D eigenvalue weighted by Crippen LogP contribution is 2.55. The zero-order valence-electron chi connectivity index (χ0n) is 17.1. The summed E-state index contributed by atoms with van der Waals surface area (Å²) < 4.78 is 5.64. The molecule has 4 aliphatic rings. The maximum atomic E-state index is 13.4. The second-order valence-corrected chi connectivity index (χ2v) is 8.88. The van der Waals surface area contributed by atoms with Crippen molar-refractivity contribution in [3.63, 3.8) is 0 Å². The number of carbonyl (C=O) groups is 1. The van der Waals surface area contributed by atoms with Crippen molar-refractivity contribution < 1.29 is 14.4 Å². The Hall–Kier alpha value is -2.26. The van der Waals surface area contributed by atoms with Gasteiger partial charge in [-0.15, -0.1) is 0 Å². The molecule has 0 spiro atoms. The normalized spacial score (nSPS) is 30.8. The molecule has 1 heterocycles. The standard InChI is InChI=1S/C24H27NO2.CHNS/c26-22-17-24(25-11-13-27-14-12-25)15-20(18-7-3-1-4-8-18)23(22)21(16-24)19-9-5-2-6-10-19;2-1-3/h1-10,20-21,23H,11-17H2;3H/t20-,21-,23?,24?;/m0./s1. The first-order valence-corrected chi connectivity index (χ1v) is 11.2. The minimum atomic E-state index is 0.0661. The molecule has 0 unspecified atom stereocenters. The molecule has 1 saturated heterocycles. The summed E-state index contributed by atoms with van der Waals surface area (Å²) in [5, 5.41) is 8.47. The first-order valence-electron chi connectivity index (χ1n) is 10.8. The fraction of sp³-hybridized carbons (Fsp3) is 0.440. The van der Waals surface area contributed by atoms with Gasteiger partial charge in [-0.25, -0.2) is 5.26 Å². The number of fused-ring (bicyclic) bond motifs is 3. The van der Waals surface area contributed by atoms with E-state index in [1.807, 2.05) is 0 Å². The van der Waals surface area contributed by atoms with Crippen molar-refractivity contribution in [1.82, 2.24) is 0 Å². The van der Waals surface area contributed by atoms with E-state index in [-0.39, 0.29) is 11.5 Å². The number of Topliss-reactive ketones (excluding diaryl/α,β-unsaturated/α-hetero) is 1. The summed E-state index contributed by atoms with van der Waals surface area (Å²) in [6.07, 6.45) is 3.01. The second-order valence-electron chi connectivity index (χ2n) is 8.70. The molecule has 4 nitrogen and oxygen atoms in total.